The third kappa shape index (κ3) is 7.58. The van der Waals surface area contributed by atoms with E-state index in [1.807, 2.05) is 6.92 Å². The predicted octanol–water partition coefficient (Wildman–Crippen LogP) is 4.23. The zero-order valence-electron chi connectivity index (χ0n) is 19.2. The molecule has 0 heterocycles. The van der Waals surface area contributed by atoms with E-state index in [1.54, 1.807) is 6.92 Å². The minimum Gasteiger partial charge on any atom is -0.354 e. The Bertz CT molecular complexity index is 1110. The van der Waals surface area contributed by atoms with E-state index in [9.17, 15) is 22.4 Å². The molecule has 0 aliphatic heterocycles. The first-order valence-corrected chi connectivity index (χ1v) is 13.3. The van der Waals surface area contributed by atoms with E-state index in [0.29, 0.717) is 24.9 Å². The molecule has 0 radical (unpaired) electrons. The van der Waals surface area contributed by atoms with E-state index in [2.05, 4.69) is 5.32 Å². The summed E-state index contributed by atoms with van der Waals surface area (Å²) < 4.78 is 39.4. The second kappa shape index (κ2) is 12.4. The Morgan fingerprint density at radius 3 is 2.29 bits per heavy atom. The molecule has 0 bridgehead atoms. The van der Waals surface area contributed by atoms with Gasteiger partial charge in [0.2, 0.25) is 21.8 Å². The fourth-order valence-electron chi connectivity index (χ4n) is 3.34. The van der Waals surface area contributed by atoms with Gasteiger partial charge in [0.25, 0.3) is 0 Å². The Hall–Kier alpha value is -2.36. The van der Waals surface area contributed by atoms with Crippen molar-refractivity contribution in [2.75, 3.05) is 23.7 Å². The molecule has 1 atom stereocenters. The van der Waals surface area contributed by atoms with Crippen LogP contribution < -0.4 is 9.62 Å². The van der Waals surface area contributed by atoms with Crippen molar-refractivity contribution in [3.8, 4) is 0 Å². The van der Waals surface area contributed by atoms with E-state index >= 15 is 0 Å². The molecule has 0 saturated heterocycles. The van der Waals surface area contributed by atoms with Crippen molar-refractivity contribution in [1.82, 2.24) is 10.2 Å². The van der Waals surface area contributed by atoms with Crippen LogP contribution in [0.25, 0.3) is 0 Å². The first-order valence-electron chi connectivity index (χ1n) is 10.7. The largest absolute Gasteiger partial charge is 0.354 e. The number of hydrogen-bond acceptors (Lipinski definition) is 4. The highest BCUT2D eigenvalue weighted by atomic mass is 35.5. The lowest BCUT2D eigenvalue weighted by atomic mass is 10.1. The molecule has 2 amide bonds. The number of benzene rings is 2. The highest BCUT2D eigenvalue weighted by molar-refractivity contribution is 7.92. The van der Waals surface area contributed by atoms with Gasteiger partial charge in [-0.15, -0.1) is 0 Å². The summed E-state index contributed by atoms with van der Waals surface area (Å²) in [5.41, 5.74) is 0.637. The predicted molar refractivity (Wildman–Crippen MR) is 133 cm³/mol. The van der Waals surface area contributed by atoms with Crippen molar-refractivity contribution in [2.45, 2.75) is 39.3 Å². The number of halogens is 3. The van der Waals surface area contributed by atoms with Crippen molar-refractivity contribution in [2.24, 2.45) is 0 Å². The molecule has 11 heteroatoms. The lowest BCUT2D eigenvalue weighted by Gasteiger charge is -2.33. The van der Waals surface area contributed by atoms with Gasteiger partial charge in [0.1, 0.15) is 18.4 Å². The van der Waals surface area contributed by atoms with Gasteiger partial charge in [0.15, 0.2) is 0 Å². The minimum atomic E-state index is -3.94. The van der Waals surface area contributed by atoms with Gasteiger partial charge in [0.05, 0.1) is 17.0 Å². The molecular weight excluding hydrogens is 504 g/mol. The number of nitrogens with one attached hydrogen (secondary N) is 1. The fraction of sp³-hybridized carbons (Fsp3) is 0.391. The van der Waals surface area contributed by atoms with Gasteiger partial charge in [-0.05, 0) is 48.7 Å². The molecule has 2 aromatic carbocycles. The van der Waals surface area contributed by atoms with Gasteiger partial charge in [-0.25, -0.2) is 12.8 Å². The third-order valence-corrected chi connectivity index (χ3v) is 6.74. The summed E-state index contributed by atoms with van der Waals surface area (Å²) in [5, 5.41) is 3.12. The normalized spacial score (nSPS) is 12.2. The van der Waals surface area contributed by atoms with Crippen molar-refractivity contribution < 1.29 is 22.4 Å². The average Bonchev–Trinajstić information content (AvgIpc) is 2.78. The van der Waals surface area contributed by atoms with Crippen LogP contribution >= 0.6 is 23.2 Å². The van der Waals surface area contributed by atoms with Crippen LogP contribution in [0.15, 0.2) is 42.5 Å². The van der Waals surface area contributed by atoms with Crippen LogP contribution in [0, 0.1) is 5.82 Å². The van der Waals surface area contributed by atoms with E-state index in [4.69, 9.17) is 23.2 Å². The van der Waals surface area contributed by atoms with Crippen LogP contribution in [0.5, 0.6) is 0 Å². The third-order valence-electron chi connectivity index (χ3n) is 5.06. The highest BCUT2D eigenvalue weighted by Crippen LogP contribution is 2.31. The summed E-state index contributed by atoms with van der Waals surface area (Å²) in [7, 11) is -3.94. The molecule has 0 aliphatic carbocycles. The number of carbonyl (C=O) groups excluding carboxylic acids is 2. The smallest absolute Gasteiger partial charge is 0.244 e. The summed E-state index contributed by atoms with van der Waals surface area (Å²) in [5.74, 6) is -1.41. The quantitative estimate of drug-likeness (QED) is 0.469. The molecule has 0 saturated carbocycles. The second-order valence-corrected chi connectivity index (χ2v) is 10.5. The number of carbonyl (C=O) groups is 2. The summed E-state index contributed by atoms with van der Waals surface area (Å²) in [6.07, 6.45) is 1.95. The van der Waals surface area contributed by atoms with E-state index in [-0.39, 0.29) is 28.2 Å². The molecule has 186 valence electrons. The molecule has 0 fully saturated rings. The van der Waals surface area contributed by atoms with Crippen LogP contribution in [0.2, 0.25) is 10.0 Å². The van der Waals surface area contributed by atoms with Crippen LogP contribution in [-0.2, 0) is 26.2 Å². The standard InChI is InChI=1S/C23H28Cl2FN3O4S/c1-4-12-27-23(31)20(5-2)28(14-16-6-9-18(26)10-7-16)22(30)15-29(34(3,32)33)21-13-17(24)8-11-19(21)25/h6-11,13,20H,4-5,12,14-15H2,1-3H3,(H,27,31). The lowest BCUT2D eigenvalue weighted by molar-refractivity contribution is -0.140. The first kappa shape index (κ1) is 27.9. The topological polar surface area (TPSA) is 86.8 Å². The van der Waals surface area contributed by atoms with Gasteiger partial charge < -0.3 is 10.2 Å². The van der Waals surface area contributed by atoms with Crippen LogP contribution in [0.1, 0.15) is 32.3 Å². The lowest BCUT2D eigenvalue weighted by Crippen LogP contribution is -2.52. The summed E-state index contributed by atoms with van der Waals surface area (Å²) in [6, 6.07) is 8.96. The molecule has 1 unspecified atom stereocenters. The minimum absolute atomic E-state index is 0.0158. The molecule has 0 aromatic heterocycles. The molecule has 0 aliphatic rings. The molecular formula is C23H28Cl2FN3O4S. The van der Waals surface area contributed by atoms with Crippen LogP contribution in [0.4, 0.5) is 10.1 Å². The average molecular weight is 532 g/mol. The Kier molecular flexibility index (Phi) is 10.1. The summed E-state index contributed by atoms with van der Waals surface area (Å²) >= 11 is 12.2. The Morgan fingerprint density at radius 2 is 1.74 bits per heavy atom. The molecule has 0 spiro atoms. The maximum atomic E-state index is 13.5. The van der Waals surface area contributed by atoms with Gasteiger partial charge in [-0.3, -0.25) is 13.9 Å². The maximum Gasteiger partial charge on any atom is 0.244 e. The molecule has 2 aromatic rings. The maximum absolute atomic E-state index is 13.5. The molecule has 1 N–H and O–H groups in total. The Morgan fingerprint density at radius 1 is 1.09 bits per heavy atom. The fourth-order valence-corrected chi connectivity index (χ4v) is 4.63. The van der Waals surface area contributed by atoms with E-state index < -0.39 is 34.3 Å². The zero-order valence-corrected chi connectivity index (χ0v) is 21.6. The Labute approximate surface area is 209 Å². The Balaban J connectivity index is 2.45. The molecule has 34 heavy (non-hydrogen) atoms. The summed E-state index contributed by atoms with van der Waals surface area (Å²) in [4.78, 5) is 27.6. The highest BCUT2D eigenvalue weighted by Gasteiger charge is 2.32. The second-order valence-electron chi connectivity index (χ2n) is 7.73. The van der Waals surface area contributed by atoms with Crippen molar-refractivity contribution in [3.63, 3.8) is 0 Å². The molecule has 2 rings (SSSR count). The number of anilines is 1. The van der Waals surface area contributed by atoms with Crippen LogP contribution in [-0.4, -0.2) is 50.5 Å². The number of nitrogens with zero attached hydrogens (tertiary/aromatic N) is 2. The summed E-state index contributed by atoms with van der Waals surface area (Å²) in [6.45, 7) is 3.47. The number of sulfonamides is 1. The van der Waals surface area contributed by atoms with Crippen LogP contribution in [0.3, 0.4) is 0 Å². The van der Waals surface area contributed by atoms with Gasteiger partial charge in [0, 0.05) is 18.1 Å². The van der Waals surface area contributed by atoms with Gasteiger partial charge in [-0.1, -0.05) is 49.2 Å². The van der Waals surface area contributed by atoms with E-state index in [0.717, 1.165) is 10.6 Å². The SMILES string of the molecule is CCCNC(=O)C(CC)N(Cc1ccc(F)cc1)C(=O)CN(c1cc(Cl)ccc1Cl)S(C)(=O)=O. The van der Waals surface area contributed by atoms with Crippen molar-refractivity contribution in [1.29, 1.82) is 0 Å². The number of amides is 2. The zero-order chi connectivity index (χ0) is 25.5. The first-order chi connectivity index (χ1) is 16.0. The molecule has 7 nitrogen and oxygen atoms in total. The number of rotatable bonds is 11. The van der Waals surface area contributed by atoms with E-state index in [1.165, 1.54) is 47.4 Å². The van der Waals surface area contributed by atoms with Gasteiger partial charge in [-0.2, -0.15) is 0 Å². The van der Waals surface area contributed by atoms with Crippen molar-refractivity contribution >= 4 is 50.7 Å². The van der Waals surface area contributed by atoms with Crippen molar-refractivity contribution in [3.05, 3.63) is 63.9 Å². The number of hydrogen-bond donors (Lipinski definition) is 1. The monoisotopic (exact) mass is 531 g/mol. The van der Waals surface area contributed by atoms with Gasteiger partial charge >= 0.3 is 0 Å².